The van der Waals surface area contributed by atoms with Crippen LogP contribution >= 0.6 is 0 Å². The van der Waals surface area contributed by atoms with E-state index in [1.807, 2.05) is 18.2 Å². The van der Waals surface area contributed by atoms with E-state index in [0.29, 0.717) is 12.2 Å². The largest absolute Gasteiger partial charge is 0.469 e. The fraction of sp³-hybridized carbons (Fsp3) is 0.393. The quantitative estimate of drug-likeness (QED) is 0.0712. The van der Waals surface area contributed by atoms with Gasteiger partial charge in [0.25, 0.3) is 6.29 Å². The van der Waals surface area contributed by atoms with E-state index >= 15 is 0 Å². The number of esters is 2. The summed E-state index contributed by atoms with van der Waals surface area (Å²) in [4.78, 5) is 22.1. The lowest BCUT2D eigenvalue weighted by Gasteiger charge is -2.20. The first-order valence-corrected chi connectivity index (χ1v) is 21.9. The van der Waals surface area contributed by atoms with Gasteiger partial charge in [-0.2, -0.15) is 0 Å². The van der Waals surface area contributed by atoms with Crippen LogP contribution in [0.1, 0.15) is 134 Å². The van der Waals surface area contributed by atoms with Crippen LogP contribution in [-0.4, -0.2) is 19.0 Å². The van der Waals surface area contributed by atoms with Gasteiger partial charge in [-0.15, -0.1) is 0 Å². The standard InChI is InChI=1S/C15H20O3.C13H18O2.C10H14.2C9H12/c1-6-13-9-14(8-7-11(13)4)15(17-10(2)3)18-12(5)16;1-4-11-6-5-7-12(10(11)2)8-9-13(14)15-3;1-4-10-7-5-6-8(2)9(10)3;2*1-3-9-7-5-4-6-8(9)2/h7-9,15H,2,6H2,1,3-5H3;5-7H,4,8-9H2,1-3H3;5-7H,4H2,1-3H3;2*4-7H,3H2,1-2H3. The van der Waals surface area contributed by atoms with Crippen molar-refractivity contribution in [3.05, 3.63) is 188 Å². The Morgan fingerprint density at radius 3 is 1.36 bits per heavy atom. The van der Waals surface area contributed by atoms with Crippen LogP contribution in [0.25, 0.3) is 0 Å². The molecule has 5 heteroatoms. The summed E-state index contributed by atoms with van der Waals surface area (Å²) in [5.74, 6) is -0.00366. The van der Waals surface area contributed by atoms with Gasteiger partial charge in [0.2, 0.25) is 0 Å². The highest BCUT2D eigenvalue weighted by molar-refractivity contribution is 5.69. The first-order valence-electron chi connectivity index (χ1n) is 21.9. The zero-order valence-electron chi connectivity index (χ0n) is 40.1. The van der Waals surface area contributed by atoms with Gasteiger partial charge in [-0.05, 0) is 160 Å². The SMILES string of the molecule is C=C(C)OC(OC(C)=O)c1ccc(C)c(CC)c1.CCc1cccc(C)c1C.CCc1cccc(CCC(=O)OC)c1C.CCc1ccccc1C.CCc1ccccc1C. The van der Waals surface area contributed by atoms with E-state index in [1.54, 1.807) is 6.92 Å². The number of ether oxygens (including phenoxy) is 3. The molecule has 0 heterocycles. The van der Waals surface area contributed by atoms with Gasteiger partial charge in [0.1, 0.15) is 0 Å². The van der Waals surface area contributed by atoms with Crippen molar-refractivity contribution in [1.82, 2.24) is 0 Å². The second-order valence-corrected chi connectivity index (χ2v) is 15.2. The van der Waals surface area contributed by atoms with Crippen molar-refractivity contribution in [3.8, 4) is 0 Å². The van der Waals surface area contributed by atoms with E-state index in [1.165, 1.54) is 80.8 Å². The van der Waals surface area contributed by atoms with E-state index in [9.17, 15) is 9.59 Å². The van der Waals surface area contributed by atoms with Crippen molar-refractivity contribution >= 4 is 11.9 Å². The van der Waals surface area contributed by atoms with E-state index in [4.69, 9.17) is 9.47 Å². The predicted molar refractivity (Wildman–Crippen MR) is 258 cm³/mol. The van der Waals surface area contributed by atoms with Gasteiger partial charge in [-0.3, -0.25) is 9.59 Å². The minimum Gasteiger partial charge on any atom is -0.469 e. The maximum absolute atomic E-state index is 11.1. The molecule has 0 amide bonds. The molecule has 0 saturated heterocycles. The van der Waals surface area contributed by atoms with Crippen LogP contribution < -0.4 is 0 Å². The van der Waals surface area contributed by atoms with Gasteiger partial charge in [0.05, 0.1) is 12.9 Å². The molecule has 0 fully saturated rings. The van der Waals surface area contributed by atoms with Gasteiger partial charge in [-0.25, -0.2) is 0 Å². The summed E-state index contributed by atoms with van der Waals surface area (Å²) in [5, 5.41) is 0. The van der Waals surface area contributed by atoms with Gasteiger partial charge >= 0.3 is 11.9 Å². The fourth-order valence-corrected chi connectivity index (χ4v) is 6.65. The van der Waals surface area contributed by atoms with Gasteiger partial charge in [0, 0.05) is 18.9 Å². The van der Waals surface area contributed by atoms with E-state index in [0.717, 1.165) is 44.1 Å². The summed E-state index contributed by atoms with van der Waals surface area (Å²) >= 11 is 0. The third-order valence-corrected chi connectivity index (χ3v) is 10.8. The molecule has 0 radical (unpaired) electrons. The number of hydrogen-bond acceptors (Lipinski definition) is 5. The Morgan fingerprint density at radius 1 is 0.508 bits per heavy atom. The molecule has 0 bridgehead atoms. The lowest BCUT2D eigenvalue weighted by atomic mass is 9.97. The highest BCUT2D eigenvalue weighted by Gasteiger charge is 2.17. The fourth-order valence-electron chi connectivity index (χ4n) is 6.65. The topological polar surface area (TPSA) is 61.8 Å². The Morgan fingerprint density at radius 2 is 0.934 bits per heavy atom. The Labute approximate surface area is 370 Å². The number of carbonyl (C=O) groups is 2. The molecule has 1 unspecified atom stereocenters. The monoisotopic (exact) mass is 829 g/mol. The van der Waals surface area contributed by atoms with E-state index < -0.39 is 6.29 Å². The number of rotatable bonds is 12. The Balaban J connectivity index is 0.000000393. The van der Waals surface area contributed by atoms with Gasteiger partial charge in [0.15, 0.2) is 0 Å². The molecule has 0 aliphatic rings. The molecule has 5 nitrogen and oxygen atoms in total. The summed E-state index contributed by atoms with van der Waals surface area (Å²) in [7, 11) is 1.43. The molecule has 5 aromatic carbocycles. The Kier molecular flexibility index (Phi) is 26.1. The lowest BCUT2D eigenvalue weighted by molar-refractivity contribution is -0.170. The molecular formula is C56H76O5. The molecule has 5 rings (SSSR count). The average Bonchev–Trinajstić information content (AvgIpc) is 3.25. The van der Waals surface area contributed by atoms with Crippen molar-refractivity contribution in [1.29, 1.82) is 0 Å². The smallest absolute Gasteiger partial charge is 0.305 e. The number of methoxy groups -OCH3 is 1. The van der Waals surface area contributed by atoms with Crippen LogP contribution in [0.2, 0.25) is 0 Å². The number of carbonyl (C=O) groups excluding carboxylic acids is 2. The number of hydrogen-bond donors (Lipinski definition) is 0. The molecule has 5 aromatic rings. The summed E-state index contributed by atoms with van der Waals surface area (Å²) in [5.41, 5.74) is 17.2. The van der Waals surface area contributed by atoms with Crippen LogP contribution in [0.15, 0.2) is 115 Å². The van der Waals surface area contributed by atoms with Crippen molar-refractivity contribution in [2.75, 3.05) is 7.11 Å². The van der Waals surface area contributed by atoms with Crippen LogP contribution in [0.5, 0.6) is 0 Å². The Hall–Kier alpha value is -5.42. The van der Waals surface area contributed by atoms with E-state index in [-0.39, 0.29) is 11.9 Å². The highest BCUT2D eigenvalue weighted by atomic mass is 16.7. The third-order valence-electron chi connectivity index (χ3n) is 10.8. The minimum atomic E-state index is -0.717. The second-order valence-electron chi connectivity index (χ2n) is 15.2. The zero-order chi connectivity index (χ0) is 45.9. The predicted octanol–water partition coefficient (Wildman–Crippen LogP) is 14.3. The number of aryl methyl sites for hydroxylation is 10. The van der Waals surface area contributed by atoms with Crippen LogP contribution in [0.4, 0.5) is 0 Å². The zero-order valence-corrected chi connectivity index (χ0v) is 40.1. The second kappa shape index (κ2) is 29.7. The van der Waals surface area contributed by atoms with Crippen molar-refractivity contribution in [2.24, 2.45) is 0 Å². The maximum atomic E-state index is 11.1. The minimum absolute atomic E-state index is 0.142. The first-order chi connectivity index (χ1) is 29.1. The van der Waals surface area contributed by atoms with Crippen LogP contribution in [-0.2, 0) is 62.3 Å². The highest BCUT2D eigenvalue weighted by Crippen LogP contribution is 2.24. The van der Waals surface area contributed by atoms with Crippen molar-refractivity contribution < 1.29 is 23.8 Å². The Bertz CT molecular complexity index is 2010. The maximum Gasteiger partial charge on any atom is 0.305 e. The normalized spacial score (nSPS) is 10.4. The van der Waals surface area contributed by atoms with Crippen LogP contribution in [0, 0.1) is 41.5 Å². The molecule has 0 saturated carbocycles. The summed E-state index contributed by atoms with van der Waals surface area (Å²) in [6.45, 7) is 30.4. The molecular weight excluding hydrogens is 753 g/mol. The van der Waals surface area contributed by atoms with E-state index in [2.05, 4.69) is 172 Å². The summed E-state index contributed by atoms with van der Waals surface area (Å²) < 4.78 is 15.2. The van der Waals surface area contributed by atoms with Gasteiger partial charge in [-0.1, -0.05) is 138 Å². The molecule has 0 spiro atoms. The summed E-state index contributed by atoms with van der Waals surface area (Å²) in [6.07, 6.45) is 5.92. The van der Waals surface area contributed by atoms with Crippen molar-refractivity contribution in [2.45, 2.75) is 141 Å². The average molecular weight is 829 g/mol. The number of benzene rings is 5. The van der Waals surface area contributed by atoms with Gasteiger partial charge < -0.3 is 14.2 Å². The van der Waals surface area contributed by atoms with Crippen molar-refractivity contribution in [3.63, 3.8) is 0 Å². The lowest BCUT2D eigenvalue weighted by Crippen LogP contribution is -2.12. The molecule has 0 N–H and O–H groups in total. The molecule has 1 atom stereocenters. The molecule has 0 aliphatic heterocycles. The first kappa shape index (κ1) is 53.6. The molecule has 330 valence electrons. The molecule has 0 aliphatic carbocycles. The third kappa shape index (κ3) is 20.1. The molecule has 0 aromatic heterocycles. The summed E-state index contributed by atoms with van der Waals surface area (Å²) in [6, 6.07) is 35.7. The van der Waals surface area contributed by atoms with Crippen LogP contribution in [0.3, 0.4) is 0 Å². The number of allylic oxidation sites excluding steroid dienone is 1. The molecule has 61 heavy (non-hydrogen) atoms.